The highest BCUT2D eigenvalue weighted by Crippen LogP contribution is 2.45. The van der Waals surface area contributed by atoms with Gasteiger partial charge in [-0.1, -0.05) is 38.1 Å². The minimum atomic E-state index is -0.822. The molecule has 0 radical (unpaired) electrons. The molecule has 7 nitrogen and oxygen atoms in total. The second-order valence-corrected chi connectivity index (χ2v) is 8.30. The average molecular weight is 427 g/mol. The van der Waals surface area contributed by atoms with Gasteiger partial charge in [0.05, 0.1) is 25.6 Å². The fraction of sp³-hybridized carbons (Fsp3) is 0.458. The van der Waals surface area contributed by atoms with E-state index in [9.17, 15) is 14.7 Å². The molecule has 1 aliphatic rings. The Balaban J connectivity index is 2.02. The predicted molar refractivity (Wildman–Crippen MR) is 118 cm³/mol. The number of aromatic nitrogens is 1. The molecule has 7 heteroatoms. The molecular weight excluding hydrogens is 396 g/mol. The van der Waals surface area contributed by atoms with Gasteiger partial charge < -0.3 is 19.9 Å². The molecule has 0 saturated heterocycles. The summed E-state index contributed by atoms with van der Waals surface area (Å²) in [5.74, 6) is -0.516. The van der Waals surface area contributed by atoms with Gasteiger partial charge in [-0.15, -0.1) is 0 Å². The van der Waals surface area contributed by atoms with Gasteiger partial charge >= 0.3 is 5.97 Å². The first-order valence-corrected chi connectivity index (χ1v) is 10.5. The first-order valence-electron chi connectivity index (χ1n) is 10.5. The summed E-state index contributed by atoms with van der Waals surface area (Å²) in [5, 5.41) is 12.5. The molecule has 1 amide bonds. The lowest BCUT2D eigenvalue weighted by Gasteiger charge is -2.40. The smallest absolute Gasteiger partial charge is 0.306 e. The molecule has 0 bridgehead atoms. The third-order valence-electron chi connectivity index (χ3n) is 6.21. The number of rotatable bonds is 7. The van der Waals surface area contributed by atoms with Crippen molar-refractivity contribution in [1.29, 1.82) is 0 Å². The summed E-state index contributed by atoms with van der Waals surface area (Å²) in [6, 6.07) is 11.3. The standard InChI is InChI=1S/C24H30N2O5/c1-15(2)17-7-5-6-8-18(17)24(13-11-16(12-14-24)22(27)28)23(29)25-19-9-10-20(30-3)26-21(19)31-4/h5-10,15-16H,11-14H2,1-4H3,(H,25,29)(H,27,28)/t16-,24-. The molecule has 1 aromatic heterocycles. The number of carbonyl (C=O) groups is 2. The van der Waals surface area contributed by atoms with Gasteiger partial charge in [-0.3, -0.25) is 9.59 Å². The lowest BCUT2D eigenvalue weighted by molar-refractivity contribution is -0.144. The molecule has 166 valence electrons. The quantitative estimate of drug-likeness (QED) is 0.682. The Bertz CT molecular complexity index is 949. The third kappa shape index (κ3) is 4.50. The van der Waals surface area contributed by atoms with Crippen LogP contribution in [0.2, 0.25) is 0 Å². The van der Waals surface area contributed by atoms with Gasteiger partial charge in [-0.25, -0.2) is 0 Å². The van der Waals surface area contributed by atoms with Gasteiger partial charge in [0.1, 0.15) is 5.69 Å². The van der Waals surface area contributed by atoms with Gasteiger partial charge in [0.15, 0.2) is 0 Å². The van der Waals surface area contributed by atoms with E-state index >= 15 is 0 Å². The van der Waals surface area contributed by atoms with Crippen LogP contribution in [0.4, 0.5) is 5.69 Å². The van der Waals surface area contributed by atoms with E-state index in [0.29, 0.717) is 37.3 Å². The molecule has 0 unspecified atom stereocenters. The van der Waals surface area contributed by atoms with Crippen molar-refractivity contribution in [3.63, 3.8) is 0 Å². The van der Waals surface area contributed by atoms with Gasteiger partial charge in [0, 0.05) is 6.07 Å². The van der Waals surface area contributed by atoms with Gasteiger partial charge in [-0.2, -0.15) is 4.98 Å². The van der Waals surface area contributed by atoms with Crippen molar-refractivity contribution in [3.8, 4) is 11.8 Å². The zero-order valence-corrected chi connectivity index (χ0v) is 18.5. The van der Waals surface area contributed by atoms with Crippen LogP contribution < -0.4 is 14.8 Å². The zero-order valence-electron chi connectivity index (χ0n) is 18.5. The number of nitrogens with one attached hydrogen (secondary N) is 1. The van der Waals surface area contributed by atoms with E-state index < -0.39 is 17.3 Å². The number of aliphatic carboxylic acids is 1. The van der Waals surface area contributed by atoms with Crippen LogP contribution >= 0.6 is 0 Å². The van der Waals surface area contributed by atoms with E-state index in [1.165, 1.54) is 14.2 Å². The molecule has 0 spiro atoms. The number of nitrogens with zero attached hydrogens (tertiary/aromatic N) is 1. The molecule has 0 atom stereocenters. The molecule has 0 aliphatic heterocycles. The van der Waals surface area contributed by atoms with E-state index in [2.05, 4.69) is 24.1 Å². The van der Waals surface area contributed by atoms with E-state index in [4.69, 9.17) is 9.47 Å². The molecule has 1 aromatic carbocycles. The Kier molecular flexibility index (Phi) is 6.83. The number of carboxylic acids is 1. The van der Waals surface area contributed by atoms with Crippen molar-refractivity contribution in [3.05, 3.63) is 47.5 Å². The Hall–Kier alpha value is -3.09. The molecule has 1 saturated carbocycles. The summed E-state index contributed by atoms with van der Waals surface area (Å²) >= 11 is 0. The number of benzene rings is 1. The van der Waals surface area contributed by atoms with Gasteiger partial charge in [0.2, 0.25) is 17.7 Å². The van der Waals surface area contributed by atoms with Crippen molar-refractivity contribution in [2.24, 2.45) is 5.92 Å². The second-order valence-electron chi connectivity index (χ2n) is 8.30. The van der Waals surface area contributed by atoms with Crippen LogP contribution in [0.5, 0.6) is 11.8 Å². The number of carbonyl (C=O) groups excluding carboxylic acids is 1. The monoisotopic (exact) mass is 426 g/mol. The normalized spacial score (nSPS) is 20.9. The highest BCUT2D eigenvalue weighted by atomic mass is 16.5. The lowest BCUT2D eigenvalue weighted by atomic mass is 9.64. The molecule has 2 N–H and O–H groups in total. The molecule has 31 heavy (non-hydrogen) atoms. The first-order chi connectivity index (χ1) is 14.8. The number of methoxy groups -OCH3 is 2. The van der Waals surface area contributed by atoms with Gasteiger partial charge in [-0.05, 0) is 48.8 Å². The van der Waals surface area contributed by atoms with Gasteiger partial charge in [0.25, 0.3) is 0 Å². The minimum absolute atomic E-state index is 0.172. The number of pyridine rings is 1. The van der Waals surface area contributed by atoms with Crippen molar-refractivity contribution in [2.45, 2.75) is 50.9 Å². The second kappa shape index (κ2) is 9.37. The molecule has 1 heterocycles. The summed E-state index contributed by atoms with van der Waals surface area (Å²) in [6.07, 6.45) is 1.83. The number of anilines is 1. The van der Waals surface area contributed by atoms with Crippen LogP contribution in [0.15, 0.2) is 36.4 Å². The number of carboxylic acid groups (broad SMARTS) is 1. The maximum Gasteiger partial charge on any atom is 0.306 e. The Morgan fingerprint density at radius 2 is 1.77 bits per heavy atom. The number of hydrogen-bond donors (Lipinski definition) is 2. The van der Waals surface area contributed by atoms with E-state index in [1.54, 1.807) is 12.1 Å². The number of ether oxygens (including phenoxy) is 2. The van der Waals surface area contributed by atoms with Crippen LogP contribution in [-0.2, 0) is 15.0 Å². The molecular formula is C24H30N2O5. The molecule has 3 rings (SSSR count). The summed E-state index contributed by atoms with van der Waals surface area (Å²) in [6.45, 7) is 4.20. The van der Waals surface area contributed by atoms with E-state index in [-0.39, 0.29) is 17.7 Å². The average Bonchev–Trinajstić information content (AvgIpc) is 2.79. The fourth-order valence-electron chi connectivity index (χ4n) is 4.44. The van der Waals surface area contributed by atoms with Crippen molar-refractivity contribution in [2.75, 3.05) is 19.5 Å². The lowest BCUT2D eigenvalue weighted by Crippen LogP contribution is -2.45. The summed E-state index contributed by atoms with van der Waals surface area (Å²) in [4.78, 5) is 29.6. The van der Waals surface area contributed by atoms with Crippen LogP contribution in [0, 0.1) is 5.92 Å². The third-order valence-corrected chi connectivity index (χ3v) is 6.21. The predicted octanol–water partition coefficient (Wildman–Crippen LogP) is 4.37. The number of amides is 1. The highest BCUT2D eigenvalue weighted by Gasteiger charge is 2.46. The Labute approximate surface area is 182 Å². The van der Waals surface area contributed by atoms with Crippen molar-refractivity contribution in [1.82, 2.24) is 4.98 Å². The number of hydrogen-bond acceptors (Lipinski definition) is 5. The van der Waals surface area contributed by atoms with Crippen LogP contribution in [0.25, 0.3) is 0 Å². The first kappa shape index (κ1) is 22.6. The van der Waals surface area contributed by atoms with Crippen molar-refractivity contribution >= 4 is 17.6 Å². The van der Waals surface area contributed by atoms with Crippen LogP contribution in [-0.4, -0.2) is 36.2 Å². The summed E-state index contributed by atoms with van der Waals surface area (Å²) < 4.78 is 10.5. The Morgan fingerprint density at radius 1 is 1.10 bits per heavy atom. The van der Waals surface area contributed by atoms with Crippen molar-refractivity contribution < 1.29 is 24.2 Å². The topological polar surface area (TPSA) is 97.8 Å². The maximum atomic E-state index is 13.8. The summed E-state index contributed by atoms with van der Waals surface area (Å²) in [5.41, 5.74) is 1.70. The van der Waals surface area contributed by atoms with E-state index in [0.717, 1.165) is 11.1 Å². The minimum Gasteiger partial charge on any atom is -0.481 e. The Morgan fingerprint density at radius 3 is 2.35 bits per heavy atom. The maximum absolute atomic E-state index is 13.8. The fourth-order valence-corrected chi connectivity index (χ4v) is 4.44. The molecule has 1 fully saturated rings. The summed E-state index contributed by atoms with van der Waals surface area (Å²) in [7, 11) is 3.00. The SMILES string of the molecule is COc1ccc(NC(=O)[C@]2(c3ccccc3C(C)C)CC[C@@H](C(=O)O)CC2)c(OC)n1. The van der Waals surface area contributed by atoms with E-state index in [1.807, 2.05) is 24.3 Å². The van der Waals surface area contributed by atoms with Crippen LogP contribution in [0.3, 0.4) is 0 Å². The largest absolute Gasteiger partial charge is 0.481 e. The molecule has 2 aromatic rings. The molecule has 1 aliphatic carbocycles. The van der Waals surface area contributed by atoms with Crippen LogP contribution in [0.1, 0.15) is 56.6 Å². The highest BCUT2D eigenvalue weighted by molar-refractivity contribution is 6.00. The zero-order chi connectivity index (χ0) is 22.6.